The lowest BCUT2D eigenvalue weighted by Crippen LogP contribution is -2.19. The molecule has 176 valence electrons. The molecule has 0 spiro atoms. The van der Waals surface area contributed by atoms with Crippen molar-refractivity contribution in [2.75, 3.05) is 0 Å². The molecular formula is C27H25N5O2S. The van der Waals surface area contributed by atoms with Crippen molar-refractivity contribution in [3.63, 3.8) is 0 Å². The Hall–Kier alpha value is -4.17. The van der Waals surface area contributed by atoms with Crippen LogP contribution in [0.4, 0.5) is 5.69 Å². The quantitative estimate of drug-likeness (QED) is 0.308. The van der Waals surface area contributed by atoms with Gasteiger partial charge in [0, 0.05) is 12.4 Å². The number of hydrogen-bond acceptors (Lipinski definition) is 5. The van der Waals surface area contributed by atoms with Crippen LogP contribution in [0.2, 0.25) is 0 Å². The van der Waals surface area contributed by atoms with Crippen molar-refractivity contribution in [2.24, 2.45) is 17.1 Å². The first-order valence-electron chi connectivity index (χ1n) is 11.3. The number of furan rings is 1. The molecule has 0 aliphatic heterocycles. The maximum atomic E-state index is 13.4. The second-order valence-corrected chi connectivity index (χ2v) is 8.89. The van der Waals surface area contributed by atoms with Crippen LogP contribution in [0.15, 0.2) is 97.7 Å². The first-order valence-corrected chi connectivity index (χ1v) is 12.2. The van der Waals surface area contributed by atoms with Gasteiger partial charge in [0.1, 0.15) is 5.69 Å². The molecule has 0 aliphatic rings. The molecule has 0 saturated carbocycles. The van der Waals surface area contributed by atoms with Crippen LogP contribution in [0.1, 0.15) is 23.7 Å². The molecule has 3 heterocycles. The molecule has 0 fully saturated rings. The number of aromatic nitrogens is 3. The predicted molar refractivity (Wildman–Crippen MR) is 140 cm³/mol. The molecular weight excluding hydrogens is 458 g/mol. The lowest BCUT2D eigenvalue weighted by atomic mass is 10.1. The van der Waals surface area contributed by atoms with Gasteiger partial charge in [0.2, 0.25) is 4.80 Å². The summed E-state index contributed by atoms with van der Waals surface area (Å²) < 4.78 is 10.8. The Morgan fingerprint density at radius 3 is 2.49 bits per heavy atom. The van der Waals surface area contributed by atoms with Gasteiger partial charge in [0.25, 0.3) is 5.56 Å². The summed E-state index contributed by atoms with van der Waals surface area (Å²) in [5, 5.41) is 6.66. The Bertz CT molecular complexity index is 1600. The van der Waals surface area contributed by atoms with Gasteiger partial charge in [0.15, 0.2) is 11.4 Å². The van der Waals surface area contributed by atoms with Crippen LogP contribution < -0.4 is 10.4 Å². The molecule has 0 saturated heterocycles. The van der Waals surface area contributed by atoms with E-state index in [4.69, 9.17) is 14.5 Å². The largest absolute Gasteiger partial charge is 0.463 e. The lowest BCUT2D eigenvalue weighted by molar-refractivity contribution is 0.575. The molecule has 7 nitrogen and oxygen atoms in total. The molecule has 2 aromatic carbocycles. The molecule has 8 heteroatoms. The Labute approximate surface area is 206 Å². The molecule has 0 unspecified atom stereocenters. The second kappa shape index (κ2) is 9.60. The average molecular weight is 484 g/mol. The first-order chi connectivity index (χ1) is 17.1. The van der Waals surface area contributed by atoms with Crippen molar-refractivity contribution in [1.82, 2.24) is 14.0 Å². The fraction of sp³-hybridized carbons (Fsp3) is 0.148. The maximum absolute atomic E-state index is 13.4. The summed E-state index contributed by atoms with van der Waals surface area (Å²) in [6.07, 6.45) is 4.40. The van der Waals surface area contributed by atoms with E-state index in [-0.39, 0.29) is 5.56 Å². The van der Waals surface area contributed by atoms with Crippen LogP contribution in [0, 0.1) is 6.92 Å². The zero-order chi connectivity index (χ0) is 24.4. The van der Waals surface area contributed by atoms with Gasteiger partial charge >= 0.3 is 0 Å². The lowest BCUT2D eigenvalue weighted by Gasteiger charge is -2.07. The van der Waals surface area contributed by atoms with E-state index in [1.807, 2.05) is 78.6 Å². The standard InChI is InChI=1S/C27H25N5O2S/c1-4-20-12-14-21(15-13-20)17-28-31-23(24-11-8-16-34-24)18-35-27(31)29-25-19(2)30(3)32(26(25)33)22-9-6-5-7-10-22/h5-18H,4H2,1-3H3. The minimum absolute atomic E-state index is 0.185. The van der Waals surface area contributed by atoms with Gasteiger partial charge < -0.3 is 4.42 Å². The SMILES string of the molecule is CCc1ccc(C=Nn2c(-c3ccco3)csc2=Nc2c(C)n(C)n(-c3ccccc3)c2=O)cc1. The van der Waals surface area contributed by atoms with Crippen LogP contribution in [0.3, 0.4) is 0 Å². The summed E-state index contributed by atoms with van der Waals surface area (Å²) in [7, 11) is 1.86. The topological polar surface area (TPSA) is 69.7 Å². The van der Waals surface area contributed by atoms with Gasteiger partial charge in [-0.1, -0.05) is 49.4 Å². The van der Waals surface area contributed by atoms with Gasteiger partial charge in [-0.2, -0.15) is 5.10 Å². The van der Waals surface area contributed by atoms with Crippen molar-refractivity contribution in [2.45, 2.75) is 20.3 Å². The van der Waals surface area contributed by atoms with E-state index in [0.717, 1.165) is 29.1 Å². The minimum Gasteiger partial charge on any atom is -0.463 e. The molecule has 0 atom stereocenters. The zero-order valence-electron chi connectivity index (χ0n) is 19.8. The van der Waals surface area contributed by atoms with Gasteiger partial charge in [-0.3, -0.25) is 9.48 Å². The number of hydrogen-bond donors (Lipinski definition) is 0. The van der Waals surface area contributed by atoms with Crippen molar-refractivity contribution in [3.8, 4) is 17.1 Å². The Morgan fingerprint density at radius 2 is 1.80 bits per heavy atom. The minimum atomic E-state index is -0.185. The van der Waals surface area contributed by atoms with Crippen LogP contribution in [0.25, 0.3) is 17.1 Å². The van der Waals surface area contributed by atoms with Crippen LogP contribution >= 0.6 is 11.3 Å². The molecule has 0 N–H and O–H groups in total. The van der Waals surface area contributed by atoms with Gasteiger partial charge in [-0.05, 0) is 48.7 Å². The monoisotopic (exact) mass is 483 g/mol. The highest BCUT2D eigenvalue weighted by Crippen LogP contribution is 2.22. The molecule has 0 aliphatic carbocycles. The van der Waals surface area contributed by atoms with Crippen molar-refractivity contribution in [3.05, 3.63) is 110 Å². The summed E-state index contributed by atoms with van der Waals surface area (Å²) in [5.41, 5.74) is 4.74. The third-order valence-electron chi connectivity index (χ3n) is 5.90. The number of rotatable bonds is 6. The van der Waals surface area contributed by atoms with Crippen LogP contribution in [-0.4, -0.2) is 20.3 Å². The molecule has 5 rings (SSSR count). The highest BCUT2D eigenvalue weighted by Gasteiger charge is 2.17. The van der Waals surface area contributed by atoms with Gasteiger partial charge in [-0.15, -0.1) is 11.3 Å². The van der Waals surface area contributed by atoms with E-state index in [2.05, 4.69) is 19.1 Å². The Balaban J connectivity index is 1.65. The molecule has 0 amide bonds. The highest BCUT2D eigenvalue weighted by molar-refractivity contribution is 7.07. The second-order valence-electron chi connectivity index (χ2n) is 8.05. The van der Waals surface area contributed by atoms with Crippen LogP contribution in [0.5, 0.6) is 0 Å². The summed E-state index contributed by atoms with van der Waals surface area (Å²) in [6, 6.07) is 21.5. The number of thiazole rings is 1. The number of aryl methyl sites for hydroxylation is 1. The van der Waals surface area contributed by atoms with Crippen molar-refractivity contribution >= 4 is 23.2 Å². The van der Waals surface area contributed by atoms with Crippen molar-refractivity contribution < 1.29 is 4.42 Å². The van der Waals surface area contributed by atoms with Gasteiger partial charge in [0.05, 0.1) is 23.9 Å². The summed E-state index contributed by atoms with van der Waals surface area (Å²) >= 11 is 1.40. The molecule has 0 bridgehead atoms. The molecule has 35 heavy (non-hydrogen) atoms. The van der Waals surface area contributed by atoms with E-state index >= 15 is 0 Å². The number of para-hydroxylation sites is 1. The van der Waals surface area contributed by atoms with E-state index < -0.39 is 0 Å². The number of nitrogens with zero attached hydrogens (tertiary/aromatic N) is 5. The number of benzene rings is 2. The fourth-order valence-corrected chi connectivity index (χ4v) is 4.65. The fourth-order valence-electron chi connectivity index (χ4n) is 3.83. The predicted octanol–water partition coefficient (Wildman–Crippen LogP) is 5.28. The third kappa shape index (κ3) is 4.36. The molecule has 3 aromatic heterocycles. The average Bonchev–Trinajstić information content (AvgIpc) is 3.60. The zero-order valence-corrected chi connectivity index (χ0v) is 20.6. The maximum Gasteiger partial charge on any atom is 0.297 e. The van der Waals surface area contributed by atoms with Crippen molar-refractivity contribution in [1.29, 1.82) is 0 Å². The smallest absolute Gasteiger partial charge is 0.297 e. The third-order valence-corrected chi connectivity index (χ3v) is 6.72. The first kappa shape index (κ1) is 22.6. The normalized spacial score (nSPS) is 12.1. The summed E-state index contributed by atoms with van der Waals surface area (Å²) in [5.74, 6) is 0.674. The Morgan fingerprint density at radius 1 is 1.03 bits per heavy atom. The summed E-state index contributed by atoms with van der Waals surface area (Å²) in [4.78, 5) is 18.8. The van der Waals surface area contributed by atoms with E-state index in [1.165, 1.54) is 16.9 Å². The van der Waals surface area contributed by atoms with E-state index in [0.29, 0.717) is 16.2 Å². The molecule has 0 radical (unpaired) electrons. The van der Waals surface area contributed by atoms with Crippen LogP contribution in [-0.2, 0) is 13.5 Å². The summed E-state index contributed by atoms with van der Waals surface area (Å²) in [6.45, 7) is 4.02. The molecule has 5 aromatic rings. The Kier molecular flexibility index (Phi) is 6.20. The highest BCUT2D eigenvalue weighted by atomic mass is 32.1. The van der Waals surface area contributed by atoms with E-state index in [1.54, 1.807) is 21.8 Å². The van der Waals surface area contributed by atoms with Gasteiger partial charge in [-0.25, -0.2) is 14.4 Å². The van der Waals surface area contributed by atoms with E-state index in [9.17, 15) is 4.79 Å².